The van der Waals surface area contributed by atoms with Crippen molar-refractivity contribution in [1.29, 1.82) is 0 Å². The van der Waals surface area contributed by atoms with Gasteiger partial charge in [0, 0.05) is 0 Å². The topological polar surface area (TPSA) is 70.6 Å². The maximum Gasteiger partial charge on any atom is 0.156 e. The highest BCUT2D eigenvalue weighted by atomic mass is 16.4. The highest BCUT2D eigenvalue weighted by molar-refractivity contribution is 5.85. The number of hydrogen-bond acceptors (Lipinski definition) is 3. The number of nitrogens with zero attached hydrogens (tertiary/aromatic N) is 1. The van der Waals surface area contributed by atoms with E-state index in [-0.39, 0.29) is 6.04 Å². The third-order valence-corrected chi connectivity index (χ3v) is 3.80. The summed E-state index contributed by atoms with van der Waals surface area (Å²) in [5.41, 5.74) is 5.62. The average molecular weight is 227 g/mol. The maximum absolute atomic E-state index is 8.65. The van der Waals surface area contributed by atoms with Crippen molar-refractivity contribution in [2.24, 2.45) is 22.7 Å². The van der Waals surface area contributed by atoms with Gasteiger partial charge >= 0.3 is 0 Å². The SMILES string of the molecule is CCC(NCC1CCCCC1C)C(N)=NO. The lowest BCUT2D eigenvalue weighted by Gasteiger charge is -2.30. The summed E-state index contributed by atoms with van der Waals surface area (Å²) >= 11 is 0. The van der Waals surface area contributed by atoms with Crippen molar-refractivity contribution in [2.45, 2.75) is 52.0 Å². The highest BCUT2D eigenvalue weighted by Crippen LogP contribution is 2.28. The van der Waals surface area contributed by atoms with Gasteiger partial charge in [-0.2, -0.15) is 0 Å². The fraction of sp³-hybridized carbons (Fsp3) is 0.917. The molecule has 94 valence electrons. The number of rotatable bonds is 5. The minimum Gasteiger partial charge on any atom is -0.409 e. The molecule has 0 amide bonds. The van der Waals surface area contributed by atoms with Crippen LogP contribution >= 0.6 is 0 Å². The Morgan fingerprint density at radius 2 is 2.19 bits per heavy atom. The largest absolute Gasteiger partial charge is 0.409 e. The van der Waals surface area contributed by atoms with Crippen molar-refractivity contribution < 1.29 is 5.21 Å². The summed E-state index contributed by atoms with van der Waals surface area (Å²) in [6.07, 6.45) is 6.22. The third kappa shape index (κ3) is 3.67. The molecule has 0 aromatic heterocycles. The molecule has 0 spiro atoms. The van der Waals surface area contributed by atoms with Gasteiger partial charge in [-0.3, -0.25) is 0 Å². The first-order chi connectivity index (χ1) is 7.69. The molecule has 4 heteroatoms. The van der Waals surface area contributed by atoms with E-state index in [4.69, 9.17) is 10.9 Å². The van der Waals surface area contributed by atoms with Crippen LogP contribution in [0.5, 0.6) is 0 Å². The molecule has 0 aromatic carbocycles. The number of nitrogens with two attached hydrogens (primary N) is 1. The molecular weight excluding hydrogens is 202 g/mol. The van der Waals surface area contributed by atoms with E-state index >= 15 is 0 Å². The summed E-state index contributed by atoms with van der Waals surface area (Å²) in [4.78, 5) is 0. The van der Waals surface area contributed by atoms with Crippen LogP contribution < -0.4 is 11.1 Å². The minimum atomic E-state index is 0.0131. The van der Waals surface area contributed by atoms with Gasteiger partial charge < -0.3 is 16.3 Å². The fourth-order valence-electron chi connectivity index (χ4n) is 2.52. The van der Waals surface area contributed by atoms with Crippen molar-refractivity contribution in [2.75, 3.05) is 6.54 Å². The molecule has 0 saturated heterocycles. The van der Waals surface area contributed by atoms with Crippen molar-refractivity contribution in [3.05, 3.63) is 0 Å². The molecule has 4 nitrogen and oxygen atoms in total. The van der Waals surface area contributed by atoms with E-state index in [0.29, 0.717) is 5.84 Å². The first-order valence-corrected chi connectivity index (χ1v) is 6.39. The van der Waals surface area contributed by atoms with Crippen LogP contribution in [-0.2, 0) is 0 Å². The van der Waals surface area contributed by atoms with Crippen molar-refractivity contribution in [3.8, 4) is 0 Å². The predicted octanol–water partition coefficient (Wildman–Crippen LogP) is 1.93. The molecular formula is C12H25N3O. The monoisotopic (exact) mass is 227 g/mol. The number of nitrogens with one attached hydrogen (secondary N) is 1. The number of amidine groups is 1. The molecule has 1 rings (SSSR count). The second-order valence-electron chi connectivity index (χ2n) is 4.92. The van der Waals surface area contributed by atoms with Crippen LogP contribution in [0.2, 0.25) is 0 Å². The summed E-state index contributed by atoms with van der Waals surface area (Å²) in [5.74, 6) is 1.84. The Morgan fingerprint density at radius 1 is 1.50 bits per heavy atom. The fourth-order valence-corrected chi connectivity index (χ4v) is 2.52. The van der Waals surface area contributed by atoms with E-state index in [1.54, 1.807) is 0 Å². The molecule has 1 fully saturated rings. The lowest BCUT2D eigenvalue weighted by atomic mass is 9.80. The summed E-state index contributed by atoms with van der Waals surface area (Å²) in [6.45, 7) is 5.35. The van der Waals surface area contributed by atoms with Crippen molar-refractivity contribution in [1.82, 2.24) is 5.32 Å². The molecule has 1 aliphatic rings. The van der Waals surface area contributed by atoms with Crippen LogP contribution in [0.1, 0.15) is 46.0 Å². The molecule has 3 unspecified atom stereocenters. The van der Waals surface area contributed by atoms with Crippen LogP contribution in [0.4, 0.5) is 0 Å². The van der Waals surface area contributed by atoms with Crippen LogP contribution in [0, 0.1) is 11.8 Å². The summed E-state index contributed by atoms with van der Waals surface area (Å²) in [5, 5.41) is 15.1. The Kier molecular flexibility index (Phi) is 5.60. The normalized spacial score (nSPS) is 29.0. The summed E-state index contributed by atoms with van der Waals surface area (Å²) in [7, 11) is 0. The summed E-state index contributed by atoms with van der Waals surface area (Å²) < 4.78 is 0. The molecule has 1 saturated carbocycles. The molecule has 0 heterocycles. The zero-order valence-electron chi connectivity index (χ0n) is 10.4. The molecule has 3 atom stereocenters. The van der Waals surface area contributed by atoms with Gasteiger partial charge in [0.05, 0.1) is 6.04 Å². The lowest BCUT2D eigenvalue weighted by Crippen LogP contribution is -2.44. The van der Waals surface area contributed by atoms with Gasteiger partial charge in [0.15, 0.2) is 5.84 Å². The Morgan fingerprint density at radius 3 is 2.75 bits per heavy atom. The summed E-state index contributed by atoms with van der Waals surface area (Å²) in [6, 6.07) is 0.0131. The van der Waals surface area contributed by atoms with E-state index in [1.165, 1.54) is 25.7 Å². The Hall–Kier alpha value is -0.770. The van der Waals surface area contributed by atoms with Gasteiger partial charge in [-0.15, -0.1) is 0 Å². The molecule has 16 heavy (non-hydrogen) atoms. The second kappa shape index (κ2) is 6.74. The van der Waals surface area contributed by atoms with E-state index in [1.807, 2.05) is 6.92 Å². The first-order valence-electron chi connectivity index (χ1n) is 6.39. The quantitative estimate of drug-likeness (QED) is 0.291. The average Bonchev–Trinajstić information content (AvgIpc) is 2.31. The van der Waals surface area contributed by atoms with Crippen LogP contribution in [0.25, 0.3) is 0 Å². The maximum atomic E-state index is 8.65. The van der Waals surface area contributed by atoms with Gasteiger partial charge in [-0.05, 0) is 31.2 Å². The van der Waals surface area contributed by atoms with E-state index < -0.39 is 0 Å². The van der Waals surface area contributed by atoms with Crippen molar-refractivity contribution in [3.63, 3.8) is 0 Å². The van der Waals surface area contributed by atoms with Gasteiger partial charge in [0.2, 0.25) is 0 Å². The number of oxime groups is 1. The van der Waals surface area contributed by atoms with Gasteiger partial charge in [0.25, 0.3) is 0 Å². The zero-order chi connectivity index (χ0) is 12.0. The molecule has 0 bridgehead atoms. The van der Waals surface area contributed by atoms with Gasteiger partial charge in [-0.1, -0.05) is 38.3 Å². The van der Waals surface area contributed by atoms with E-state index in [2.05, 4.69) is 17.4 Å². The van der Waals surface area contributed by atoms with Crippen LogP contribution in [-0.4, -0.2) is 23.6 Å². The number of hydrogen-bond donors (Lipinski definition) is 3. The van der Waals surface area contributed by atoms with Gasteiger partial charge in [-0.25, -0.2) is 0 Å². The second-order valence-corrected chi connectivity index (χ2v) is 4.92. The Balaban J connectivity index is 2.36. The molecule has 1 aliphatic carbocycles. The van der Waals surface area contributed by atoms with E-state index in [9.17, 15) is 0 Å². The molecule has 0 aromatic rings. The Bertz CT molecular complexity index is 230. The lowest BCUT2D eigenvalue weighted by molar-refractivity contribution is 0.244. The zero-order valence-corrected chi connectivity index (χ0v) is 10.4. The van der Waals surface area contributed by atoms with Crippen LogP contribution in [0.3, 0.4) is 0 Å². The minimum absolute atomic E-state index is 0.0131. The molecule has 0 radical (unpaired) electrons. The van der Waals surface area contributed by atoms with Gasteiger partial charge in [0.1, 0.15) is 0 Å². The highest BCUT2D eigenvalue weighted by Gasteiger charge is 2.22. The molecule has 4 N–H and O–H groups in total. The predicted molar refractivity (Wildman–Crippen MR) is 66.6 cm³/mol. The van der Waals surface area contributed by atoms with Crippen LogP contribution in [0.15, 0.2) is 5.16 Å². The third-order valence-electron chi connectivity index (χ3n) is 3.80. The van der Waals surface area contributed by atoms with Crippen molar-refractivity contribution >= 4 is 5.84 Å². The smallest absolute Gasteiger partial charge is 0.156 e. The molecule has 0 aliphatic heterocycles. The Labute approximate surface area is 98.3 Å². The standard InChI is InChI=1S/C12H25N3O/c1-3-11(12(13)15-16)14-8-10-7-5-4-6-9(10)2/h9-11,14,16H,3-8H2,1-2H3,(H2,13,15). The van der Waals surface area contributed by atoms with E-state index in [0.717, 1.165) is 24.8 Å². The first kappa shape index (κ1) is 13.3.